The molecular formula is C85H98F2. The van der Waals surface area contributed by atoms with Crippen LogP contribution in [0, 0.1) is 73.9 Å². The zero-order chi connectivity index (χ0) is 60.7. The lowest BCUT2D eigenvalue weighted by Crippen LogP contribution is -2.06. The van der Waals surface area contributed by atoms with E-state index < -0.39 is 0 Å². The van der Waals surface area contributed by atoms with Gasteiger partial charge in [0.15, 0.2) is 0 Å². The molecule has 452 valence electrons. The zero-order valence-corrected chi connectivity index (χ0v) is 54.3. The first kappa shape index (κ1) is 62.0. The molecule has 2 heteroatoms. The van der Waals surface area contributed by atoms with Crippen molar-refractivity contribution < 1.29 is 8.78 Å². The number of aryl methyl sites for hydroxylation is 9. The zero-order valence-electron chi connectivity index (χ0n) is 54.3. The van der Waals surface area contributed by atoms with E-state index in [0.717, 1.165) is 33.9 Å². The Labute approximate surface area is 521 Å². The van der Waals surface area contributed by atoms with E-state index in [4.69, 9.17) is 0 Å². The summed E-state index contributed by atoms with van der Waals surface area (Å²) >= 11 is 0. The van der Waals surface area contributed by atoms with Gasteiger partial charge in [-0.1, -0.05) is 231 Å². The highest BCUT2D eigenvalue weighted by Crippen LogP contribution is 2.44. The molecule has 5 aliphatic rings. The van der Waals surface area contributed by atoms with Crippen LogP contribution in [0.1, 0.15) is 242 Å². The third-order valence-corrected chi connectivity index (χ3v) is 20.8. The molecule has 0 nitrogen and oxygen atoms in total. The van der Waals surface area contributed by atoms with Crippen molar-refractivity contribution in [2.24, 2.45) is 0 Å². The quantitative estimate of drug-likeness (QED) is 0.161. The van der Waals surface area contributed by atoms with Gasteiger partial charge in [-0.2, -0.15) is 0 Å². The molecule has 5 saturated carbocycles. The van der Waals surface area contributed by atoms with Crippen molar-refractivity contribution in [2.75, 3.05) is 0 Å². The smallest absolute Gasteiger partial charge is 0.131 e. The first-order valence-corrected chi connectivity index (χ1v) is 34.0. The summed E-state index contributed by atoms with van der Waals surface area (Å²) in [4.78, 5) is 0. The van der Waals surface area contributed by atoms with Crippen LogP contribution in [0.15, 0.2) is 146 Å². The van der Waals surface area contributed by atoms with E-state index in [1.165, 1.54) is 234 Å². The van der Waals surface area contributed by atoms with Gasteiger partial charge < -0.3 is 0 Å². The average Bonchev–Trinajstić information content (AvgIpc) is 2.83. The number of fused-ring (bicyclic) bond motifs is 5. The highest BCUT2D eigenvalue weighted by atomic mass is 19.1. The van der Waals surface area contributed by atoms with E-state index in [1.807, 2.05) is 12.1 Å². The van der Waals surface area contributed by atoms with Crippen molar-refractivity contribution >= 4 is 53.9 Å². The average molecular weight is 1160 g/mol. The van der Waals surface area contributed by atoms with E-state index in [9.17, 15) is 8.78 Å². The molecule has 0 bridgehead atoms. The Morgan fingerprint density at radius 2 is 0.621 bits per heavy atom. The number of halogens is 2. The number of benzene rings is 10. The molecule has 15 rings (SSSR count). The minimum atomic E-state index is -0.124. The third kappa shape index (κ3) is 14.8. The summed E-state index contributed by atoms with van der Waals surface area (Å²) in [5.74, 6) is 3.41. The van der Waals surface area contributed by atoms with Gasteiger partial charge in [-0.25, -0.2) is 8.78 Å². The molecule has 5 aliphatic carbocycles. The van der Waals surface area contributed by atoms with Crippen LogP contribution in [0.3, 0.4) is 0 Å². The molecule has 0 aromatic heterocycles. The van der Waals surface area contributed by atoms with Crippen LogP contribution in [-0.4, -0.2) is 0 Å². The van der Waals surface area contributed by atoms with Gasteiger partial charge in [-0.3, -0.25) is 0 Å². The van der Waals surface area contributed by atoms with Crippen LogP contribution in [0.25, 0.3) is 53.9 Å². The van der Waals surface area contributed by atoms with Crippen molar-refractivity contribution in [2.45, 2.75) is 227 Å². The second kappa shape index (κ2) is 28.2. The van der Waals surface area contributed by atoms with Gasteiger partial charge in [0.25, 0.3) is 0 Å². The summed E-state index contributed by atoms with van der Waals surface area (Å²) in [6, 6.07) is 51.8. The van der Waals surface area contributed by atoms with Gasteiger partial charge in [0, 0.05) is 5.39 Å². The third-order valence-electron chi connectivity index (χ3n) is 20.8. The van der Waals surface area contributed by atoms with E-state index in [1.54, 1.807) is 41.0 Å². The second-order valence-corrected chi connectivity index (χ2v) is 27.8. The van der Waals surface area contributed by atoms with Crippen LogP contribution in [0.4, 0.5) is 8.78 Å². The van der Waals surface area contributed by atoms with Gasteiger partial charge >= 0.3 is 0 Å². The van der Waals surface area contributed by atoms with Crippen molar-refractivity contribution in [1.82, 2.24) is 0 Å². The van der Waals surface area contributed by atoms with Crippen LogP contribution in [-0.2, 0) is 0 Å². The molecule has 0 amide bonds. The summed E-state index contributed by atoms with van der Waals surface area (Å²) in [6.07, 6.45) is 28.3. The van der Waals surface area contributed by atoms with Crippen molar-refractivity contribution in [3.63, 3.8) is 0 Å². The van der Waals surface area contributed by atoms with Crippen molar-refractivity contribution in [1.29, 1.82) is 0 Å². The van der Waals surface area contributed by atoms with Crippen LogP contribution in [0.2, 0.25) is 0 Å². The molecule has 0 heterocycles. The maximum Gasteiger partial charge on any atom is 0.131 e. The summed E-state index contributed by atoms with van der Waals surface area (Å²) in [7, 11) is 0. The predicted molar refractivity (Wildman–Crippen MR) is 373 cm³/mol. The molecule has 10 aromatic rings. The standard InChI is InChI=1S/2C18H22.C17H20.2C16H17F/c1-12-8-16-10-13(2)14(3)11-18(16)17(9-12)15-6-4-5-7-15;1-13-11-16-10-6-7-14(2)18(16)17(12-13)15-8-4-3-5-9-15;1-12-7-8-16-15(9-12)10-13(2)11-17(16)14-5-3-4-6-14;1-11-9-13-7-4-8-15(17)16(13)14(10-11)12-5-2-3-6-12;1-11-8-13-6-7-14(17)10-16(13)15(9-11)12-4-2-3-5-12/h8-11,15H,4-7H2,1-3H3;6-7,10-12,15H,3-5,8-9H2,1-2H3;7-11,14H,3-6H2,1-2H3;4,7-10,12H,2-3,5-6H2,1H3;6-10,12H,2-5H2,1H3. The molecule has 0 N–H and O–H groups in total. The molecule has 0 aliphatic heterocycles. The molecule has 0 atom stereocenters. The minimum absolute atomic E-state index is 0.0654. The van der Waals surface area contributed by atoms with Crippen LogP contribution >= 0.6 is 0 Å². The summed E-state index contributed by atoms with van der Waals surface area (Å²) in [5, 5.41) is 13.0. The van der Waals surface area contributed by atoms with Crippen LogP contribution in [0.5, 0.6) is 0 Å². The molecular weight excluding hydrogens is 1060 g/mol. The largest absolute Gasteiger partial charge is 0.207 e. The fourth-order valence-electron chi connectivity index (χ4n) is 16.4. The predicted octanol–water partition coefficient (Wildman–Crippen LogP) is 25.9. The molecule has 87 heavy (non-hydrogen) atoms. The highest BCUT2D eigenvalue weighted by Gasteiger charge is 2.25. The van der Waals surface area contributed by atoms with Gasteiger partial charge in [0.1, 0.15) is 11.6 Å². The van der Waals surface area contributed by atoms with E-state index in [0.29, 0.717) is 11.8 Å². The van der Waals surface area contributed by atoms with Gasteiger partial charge in [-0.05, 0) is 267 Å². The SMILES string of the molecule is Cc1cc(C2CCCC2)c2c(F)cccc2c1.Cc1cc(C2CCCC2)c2cc(C)c(C)cc2c1.Cc1cc(C2CCCC2)c2cc(F)ccc2c1.Cc1cc(C2CCCCC2)c2c(C)cccc2c1.Cc1ccc2c(C3CCCC3)cc(C)cc2c1. The fourth-order valence-corrected chi connectivity index (χ4v) is 16.4. The Balaban J connectivity index is 0.000000113. The molecule has 5 fully saturated rings. The normalized spacial score (nSPS) is 16.9. The van der Waals surface area contributed by atoms with Crippen molar-refractivity contribution in [3.8, 4) is 0 Å². The minimum Gasteiger partial charge on any atom is -0.207 e. The van der Waals surface area contributed by atoms with Gasteiger partial charge in [0.2, 0.25) is 0 Å². The number of hydrogen-bond acceptors (Lipinski definition) is 0. The number of rotatable bonds is 5. The topological polar surface area (TPSA) is 0 Å². The monoisotopic (exact) mass is 1160 g/mol. The summed E-state index contributed by atoms with van der Waals surface area (Å²) in [6.45, 7) is 19.8. The maximum atomic E-state index is 14.0. The second-order valence-electron chi connectivity index (χ2n) is 27.8. The molecule has 0 spiro atoms. The van der Waals surface area contributed by atoms with Gasteiger partial charge in [-0.15, -0.1) is 0 Å². The molecule has 0 saturated heterocycles. The lowest BCUT2D eigenvalue weighted by atomic mass is 9.80. The summed E-state index contributed by atoms with van der Waals surface area (Å²) < 4.78 is 27.4. The van der Waals surface area contributed by atoms with Crippen molar-refractivity contribution in [3.05, 3.63) is 235 Å². The Kier molecular flexibility index (Phi) is 20.1. The Morgan fingerprint density at radius 3 is 1.14 bits per heavy atom. The van der Waals surface area contributed by atoms with Gasteiger partial charge in [0.05, 0.1) is 0 Å². The highest BCUT2D eigenvalue weighted by molar-refractivity contribution is 5.92. The van der Waals surface area contributed by atoms with E-state index in [2.05, 4.69) is 172 Å². The van der Waals surface area contributed by atoms with Crippen LogP contribution < -0.4 is 0 Å². The van der Waals surface area contributed by atoms with E-state index >= 15 is 0 Å². The number of hydrogen-bond donors (Lipinski definition) is 0. The fraction of sp³-hybridized carbons (Fsp3) is 0.412. The Hall–Kier alpha value is -6.64. The first-order valence-electron chi connectivity index (χ1n) is 34.0. The molecule has 10 aromatic carbocycles. The Morgan fingerprint density at radius 1 is 0.253 bits per heavy atom. The lowest BCUT2D eigenvalue weighted by Gasteiger charge is -2.24. The molecule has 0 radical (unpaired) electrons. The lowest BCUT2D eigenvalue weighted by molar-refractivity contribution is 0.445. The summed E-state index contributed by atoms with van der Waals surface area (Å²) in [5.41, 5.74) is 19.8. The van der Waals surface area contributed by atoms with E-state index in [-0.39, 0.29) is 11.6 Å². The maximum absolute atomic E-state index is 14.0. The Bertz CT molecular complexity index is 4000. The molecule has 0 unspecified atom stereocenters. The first-order chi connectivity index (χ1) is 42.1.